The van der Waals surface area contributed by atoms with Crippen LogP contribution in [0.2, 0.25) is 0 Å². The maximum atomic E-state index is 11.5. The van der Waals surface area contributed by atoms with E-state index in [1.54, 1.807) is 20.8 Å². The Morgan fingerprint density at radius 1 is 1.23 bits per heavy atom. The highest BCUT2D eigenvalue weighted by Gasteiger charge is 2.15. The smallest absolute Gasteiger partial charge is 0.341 e. The molecule has 0 spiro atoms. The molecule has 0 saturated heterocycles. The van der Waals surface area contributed by atoms with Crippen LogP contribution < -0.4 is 5.43 Å². The number of carboxylic acid groups (broad SMARTS) is 1. The van der Waals surface area contributed by atoms with E-state index in [0.717, 1.165) is 0 Å². The number of hydrogen-bond acceptors (Lipinski definition) is 2. The zero-order valence-corrected chi connectivity index (χ0v) is 7.76. The van der Waals surface area contributed by atoms with Crippen LogP contribution in [-0.2, 0) is 0 Å². The molecule has 0 aliphatic heterocycles. The second-order valence-corrected chi connectivity index (χ2v) is 3.01. The number of carboxylic acids is 1. The van der Waals surface area contributed by atoms with Crippen molar-refractivity contribution in [2.45, 2.75) is 20.8 Å². The van der Waals surface area contributed by atoms with Gasteiger partial charge < -0.3 is 10.1 Å². The molecule has 4 nitrogen and oxygen atoms in total. The molecule has 0 bridgehead atoms. The van der Waals surface area contributed by atoms with Gasteiger partial charge in [0.2, 0.25) is 0 Å². The third kappa shape index (κ3) is 1.47. The van der Waals surface area contributed by atoms with Crippen molar-refractivity contribution < 1.29 is 9.90 Å². The number of nitrogens with one attached hydrogen (secondary N) is 1. The lowest BCUT2D eigenvalue weighted by atomic mass is 10.1. The summed E-state index contributed by atoms with van der Waals surface area (Å²) in [6.07, 6.45) is 0. The molecule has 0 aliphatic carbocycles. The molecule has 0 radical (unpaired) electrons. The zero-order chi connectivity index (χ0) is 10.2. The van der Waals surface area contributed by atoms with Crippen LogP contribution >= 0.6 is 0 Å². The number of aromatic carboxylic acids is 1. The molecular formula is C9H11NO3. The van der Waals surface area contributed by atoms with Crippen LogP contribution in [0.1, 0.15) is 27.3 Å². The van der Waals surface area contributed by atoms with Crippen LogP contribution in [0.15, 0.2) is 4.79 Å². The largest absolute Gasteiger partial charge is 0.477 e. The Kier molecular flexibility index (Phi) is 2.23. The third-order valence-corrected chi connectivity index (χ3v) is 2.09. The Morgan fingerprint density at radius 2 is 1.77 bits per heavy atom. The van der Waals surface area contributed by atoms with E-state index in [2.05, 4.69) is 4.98 Å². The van der Waals surface area contributed by atoms with Crippen molar-refractivity contribution in [3.05, 3.63) is 32.7 Å². The van der Waals surface area contributed by atoms with Gasteiger partial charge in [0, 0.05) is 17.0 Å². The summed E-state index contributed by atoms with van der Waals surface area (Å²) in [4.78, 5) is 25.0. The van der Waals surface area contributed by atoms with Gasteiger partial charge in [-0.2, -0.15) is 0 Å². The summed E-state index contributed by atoms with van der Waals surface area (Å²) in [5, 5.41) is 8.74. The van der Waals surface area contributed by atoms with Crippen molar-refractivity contribution in [1.82, 2.24) is 4.98 Å². The van der Waals surface area contributed by atoms with Gasteiger partial charge in [0.1, 0.15) is 5.56 Å². The summed E-state index contributed by atoms with van der Waals surface area (Å²) in [5.74, 6) is -1.18. The average Bonchev–Trinajstić information content (AvgIpc) is 1.99. The summed E-state index contributed by atoms with van der Waals surface area (Å²) in [7, 11) is 0. The number of aromatic amines is 1. The molecule has 1 aromatic rings. The summed E-state index contributed by atoms with van der Waals surface area (Å²) in [6, 6.07) is 0. The van der Waals surface area contributed by atoms with Crippen molar-refractivity contribution in [1.29, 1.82) is 0 Å². The van der Waals surface area contributed by atoms with Crippen molar-refractivity contribution in [3.63, 3.8) is 0 Å². The van der Waals surface area contributed by atoms with E-state index < -0.39 is 11.4 Å². The number of aryl methyl sites for hydroxylation is 2. The predicted octanol–water partition coefficient (Wildman–Crippen LogP) is 0.998. The van der Waals surface area contributed by atoms with Gasteiger partial charge in [0.05, 0.1) is 0 Å². The SMILES string of the molecule is Cc1[nH]c(C)c(C(=O)O)c(=O)c1C. The van der Waals surface area contributed by atoms with E-state index in [0.29, 0.717) is 17.0 Å². The van der Waals surface area contributed by atoms with Gasteiger partial charge in [0.15, 0.2) is 5.43 Å². The topological polar surface area (TPSA) is 70.2 Å². The number of H-pyrrole nitrogens is 1. The van der Waals surface area contributed by atoms with E-state index in [1.807, 2.05) is 0 Å². The molecule has 1 rings (SSSR count). The minimum absolute atomic E-state index is 0.164. The molecule has 70 valence electrons. The lowest BCUT2D eigenvalue weighted by Gasteiger charge is -2.05. The lowest BCUT2D eigenvalue weighted by Crippen LogP contribution is -2.21. The molecule has 0 fully saturated rings. The van der Waals surface area contributed by atoms with Crippen LogP contribution in [0.3, 0.4) is 0 Å². The fourth-order valence-electron chi connectivity index (χ4n) is 1.22. The highest BCUT2D eigenvalue weighted by Crippen LogP contribution is 2.04. The first kappa shape index (κ1) is 9.51. The van der Waals surface area contributed by atoms with E-state index >= 15 is 0 Å². The Bertz CT molecular complexity index is 418. The Labute approximate surface area is 75.2 Å². The summed E-state index contributed by atoms with van der Waals surface area (Å²) in [6.45, 7) is 4.94. The van der Waals surface area contributed by atoms with Gasteiger partial charge in [-0.15, -0.1) is 0 Å². The maximum absolute atomic E-state index is 11.5. The van der Waals surface area contributed by atoms with Gasteiger partial charge in [-0.1, -0.05) is 0 Å². The fourth-order valence-corrected chi connectivity index (χ4v) is 1.22. The number of carbonyl (C=O) groups is 1. The quantitative estimate of drug-likeness (QED) is 0.679. The van der Waals surface area contributed by atoms with E-state index in [9.17, 15) is 9.59 Å². The average molecular weight is 181 g/mol. The minimum atomic E-state index is -1.18. The zero-order valence-electron chi connectivity index (χ0n) is 7.76. The van der Waals surface area contributed by atoms with Crippen molar-refractivity contribution in [3.8, 4) is 0 Å². The fraction of sp³-hybridized carbons (Fsp3) is 0.333. The molecule has 2 N–H and O–H groups in total. The highest BCUT2D eigenvalue weighted by atomic mass is 16.4. The van der Waals surface area contributed by atoms with Crippen LogP contribution in [0, 0.1) is 20.8 Å². The van der Waals surface area contributed by atoms with Crippen LogP contribution in [-0.4, -0.2) is 16.1 Å². The molecule has 0 atom stereocenters. The van der Waals surface area contributed by atoms with E-state index in [1.165, 1.54) is 0 Å². The first-order valence-corrected chi connectivity index (χ1v) is 3.88. The third-order valence-electron chi connectivity index (χ3n) is 2.09. The number of aromatic nitrogens is 1. The van der Waals surface area contributed by atoms with Crippen molar-refractivity contribution >= 4 is 5.97 Å². The number of hydrogen-bond donors (Lipinski definition) is 2. The Balaban J connectivity index is 3.63. The molecule has 0 amide bonds. The van der Waals surface area contributed by atoms with E-state index in [4.69, 9.17) is 5.11 Å². The maximum Gasteiger partial charge on any atom is 0.341 e. The minimum Gasteiger partial charge on any atom is -0.477 e. The lowest BCUT2D eigenvalue weighted by molar-refractivity contribution is 0.0694. The van der Waals surface area contributed by atoms with Gasteiger partial charge in [-0.25, -0.2) is 4.79 Å². The highest BCUT2D eigenvalue weighted by molar-refractivity contribution is 5.88. The molecule has 0 aliphatic rings. The number of rotatable bonds is 1. The molecule has 13 heavy (non-hydrogen) atoms. The summed E-state index contributed by atoms with van der Waals surface area (Å²) in [5.41, 5.74) is 1.01. The van der Waals surface area contributed by atoms with E-state index in [-0.39, 0.29) is 5.56 Å². The van der Waals surface area contributed by atoms with Crippen LogP contribution in [0.4, 0.5) is 0 Å². The Hall–Kier alpha value is -1.58. The first-order valence-electron chi connectivity index (χ1n) is 3.88. The molecule has 1 heterocycles. The van der Waals surface area contributed by atoms with Crippen LogP contribution in [0.25, 0.3) is 0 Å². The van der Waals surface area contributed by atoms with Crippen LogP contribution in [0.5, 0.6) is 0 Å². The first-order chi connectivity index (χ1) is 5.95. The van der Waals surface area contributed by atoms with Gasteiger partial charge >= 0.3 is 5.97 Å². The monoisotopic (exact) mass is 181 g/mol. The standard InChI is InChI=1S/C9H11NO3/c1-4-5(2)10-6(3)7(8(4)11)9(12)13/h1-3H3,(H,10,11)(H,12,13). The summed E-state index contributed by atoms with van der Waals surface area (Å²) < 4.78 is 0. The van der Waals surface area contributed by atoms with Crippen molar-refractivity contribution in [2.24, 2.45) is 0 Å². The molecule has 0 aromatic carbocycles. The Morgan fingerprint density at radius 3 is 2.23 bits per heavy atom. The predicted molar refractivity (Wildman–Crippen MR) is 48.2 cm³/mol. The van der Waals surface area contributed by atoms with Crippen molar-refractivity contribution in [2.75, 3.05) is 0 Å². The van der Waals surface area contributed by atoms with Gasteiger partial charge in [0.25, 0.3) is 0 Å². The second-order valence-electron chi connectivity index (χ2n) is 3.01. The second kappa shape index (κ2) is 3.05. The normalized spacial score (nSPS) is 10.1. The molecular weight excluding hydrogens is 170 g/mol. The molecule has 1 aromatic heterocycles. The van der Waals surface area contributed by atoms with Gasteiger partial charge in [-0.3, -0.25) is 4.79 Å². The number of pyridine rings is 1. The molecule has 0 unspecified atom stereocenters. The molecule has 0 saturated carbocycles. The van der Waals surface area contributed by atoms with Gasteiger partial charge in [-0.05, 0) is 20.8 Å². The summed E-state index contributed by atoms with van der Waals surface area (Å²) >= 11 is 0. The molecule has 4 heteroatoms.